The van der Waals surface area contributed by atoms with Gasteiger partial charge >= 0.3 is 0 Å². The van der Waals surface area contributed by atoms with Crippen LogP contribution in [0.2, 0.25) is 0 Å². The number of benzene rings is 1. The highest BCUT2D eigenvalue weighted by Gasteiger charge is 2.16. The Kier molecular flexibility index (Phi) is 6.23. The molecule has 2 nitrogen and oxygen atoms in total. The van der Waals surface area contributed by atoms with Crippen LogP contribution in [0.4, 0.5) is 0 Å². The van der Waals surface area contributed by atoms with Crippen LogP contribution >= 0.6 is 0 Å². The van der Waals surface area contributed by atoms with Gasteiger partial charge in [-0.3, -0.25) is 4.79 Å². The zero-order valence-corrected chi connectivity index (χ0v) is 12.8. The van der Waals surface area contributed by atoms with Crippen molar-refractivity contribution in [3.05, 3.63) is 34.9 Å². The molecule has 19 heavy (non-hydrogen) atoms. The highest BCUT2D eigenvalue weighted by Crippen LogP contribution is 2.13. The van der Waals surface area contributed by atoms with Crippen LogP contribution in [0.15, 0.2) is 18.2 Å². The molecule has 1 unspecified atom stereocenters. The van der Waals surface area contributed by atoms with E-state index in [-0.39, 0.29) is 11.9 Å². The molecule has 1 rings (SSSR count). The SMILES string of the molecule is Cc1ccc(C(=O)C(C)OCCCC(C)C)cc1C. The molecular weight excluding hydrogens is 236 g/mol. The summed E-state index contributed by atoms with van der Waals surface area (Å²) in [6, 6.07) is 5.83. The van der Waals surface area contributed by atoms with E-state index in [2.05, 4.69) is 20.8 Å². The first-order valence-corrected chi connectivity index (χ1v) is 7.15. The molecule has 1 atom stereocenters. The first kappa shape index (κ1) is 15.9. The van der Waals surface area contributed by atoms with E-state index < -0.39 is 0 Å². The molecule has 0 aliphatic rings. The molecule has 0 fully saturated rings. The standard InChI is InChI=1S/C17H26O2/c1-12(2)7-6-10-19-15(5)17(18)16-9-8-13(3)14(4)11-16/h8-9,11-12,15H,6-7,10H2,1-5H3. The fourth-order valence-electron chi connectivity index (χ4n) is 1.96. The number of ketones is 1. The number of hydrogen-bond acceptors (Lipinski definition) is 2. The molecule has 0 bridgehead atoms. The van der Waals surface area contributed by atoms with Crippen molar-refractivity contribution in [1.82, 2.24) is 0 Å². The molecule has 0 radical (unpaired) electrons. The maximum Gasteiger partial charge on any atom is 0.191 e. The van der Waals surface area contributed by atoms with Crippen molar-refractivity contribution in [1.29, 1.82) is 0 Å². The Bertz CT molecular complexity index is 421. The van der Waals surface area contributed by atoms with Crippen molar-refractivity contribution >= 4 is 5.78 Å². The average Bonchev–Trinajstić information content (AvgIpc) is 2.36. The van der Waals surface area contributed by atoms with Gasteiger partial charge in [0.1, 0.15) is 6.10 Å². The quantitative estimate of drug-likeness (QED) is 0.540. The number of rotatable bonds is 7. The van der Waals surface area contributed by atoms with Crippen LogP contribution < -0.4 is 0 Å². The lowest BCUT2D eigenvalue weighted by Gasteiger charge is -2.13. The molecule has 0 saturated heterocycles. The molecule has 0 aliphatic heterocycles. The summed E-state index contributed by atoms with van der Waals surface area (Å²) in [7, 11) is 0. The summed E-state index contributed by atoms with van der Waals surface area (Å²) in [5.74, 6) is 0.766. The van der Waals surface area contributed by atoms with Crippen molar-refractivity contribution in [2.75, 3.05) is 6.61 Å². The van der Waals surface area contributed by atoms with Gasteiger partial charge in [-0.15, -0.1) is 0 Å². The number of hydrogen-bond donors (Lipinski definition) is 0. The Labute approximate surface area is 117 Å². The normalized spacial score (nSPS) is 12.7. The van der Waals surface area contributed by atoms with Gasteiger partial charge in [-0.2, -0.15) is 0 Å². The molecule has 0 heterocycles. The van der Waals surface area contributed by atoms with E-state index in [1.54, 1.807) is 0 Å². The Morgan fingerprint density at radius 1 is 1.16 bits per heavy atom. The van der Waals surface area contributed by atoms with Crippen molar-refractivity contribution in [2.45, 2.75) is 53.6 Å². The average molecular weight is 262 g/mol. The van der Waals surface area contributed by atoms with Crippen LogP contribution in [0, 0.1) is 19.8 Å². The summed E-state index contributed by atoms with van der Waals surface area (Å²) < 4.78 is 5.63. The lowest BCUT2D eigenvalue weighted by molar-refractivity contribution is 0.0458. The zero-order valence-electron chi connectivity index (χ0n) is 12.8. The van der Waals surface area contributed by atoms with Gasteiger partial charge in [0.25, 0.3) is 0 Å². The zero-order chi connectivity index (χ0) is 14.4. The number of carbonyl (C=O) groups is 1. The second-order valence-corrected chi connectivity index (χ2v) is 5.71. The molecule has 0 spiro atoms. The Hall–Kier alpha value is -1.15. The third-order valence-electron chi connectivity index (χ3n) is 3.45. The number of carbonyl (C=O) groups excluding carboxylic acids is 1. The third-order valence-corrected chi connectivity index (χ3v) is 3.45. The Morgan fingerprint density at radius 3 is 2.42 bits per heavy atom. The summed E-state index contributed by atoms with van der Waals surface area (Å²) in [6.07, 6.45) is 1.81. The summed E-state index contributed by atoms with van der Waals surface area (Å²) >= 11 is 0. The molecule has 0 amide bonds. The smallest absolute Gasteiger partial charge is 0.191 e. The van der Waals surface area contributed by atoms with Crippen LogP contribution in [-0.2, 0) is 4.74 Å². The maximum atomic E-state index is 12.2. The van der Waals surface area contributed by atoms with E-state index in [1.807, 2.05) is 32.0 Å². The number of aryl methyl sites for hydroxylation is 2. The van der Waals surface area contributed by atoms with E-state index in [0.29, 0.717) is 12.5 Å². The van der Waals surface area contributed by atoms with Crippen molar-refractivity contribution in [3.63, 3.8) is 0 Å². The van der Waals surface area contributed by atoms with Gasteiger partial charge in [-0.05, 0) is 56.7 Å². The van der Waals surface area contributed by atoms with E-state index in [4.69, 9.17) is 4.74 Å². The van der Waals surface area contributed by atoms with E-state index >= 15 is 0 Å². The minimum atomic E-state index is -0.353. The summed E-state index contributed by atoms with van der Waals surface area (Å²) in [5, 5.41) is 0. The lowest BCUT2D eigenvalue weighted by atomic mass is 10.0. The molecule has 0 saturated carbocycles. The first-order chi connectivity index (χ1) is 8.91. The molecular formula is C17H26O2. The fraction of sp³-hybridized carbons (Fsp3) is 0.588. The predicted molar refractivity (Wildman–Crippen MR) is 79.7 cm³/mol. The summed E-state index contributed by atoms with van der Waals surface area (Å²) in [5.41, 5.74) is 3.11. The third kappa shape index (κ3) is 5.15. The monoisotopic (exact) mass is 262 g/mol. The molecule has 1 aromatic rings. The van der Waals surface area contributed by atoms with Gasteiger partial charge in [-0.25, -0.2) is 0 Å². The molecule has 2 heteroatoms. The van der Waals surface area contributed by atoms with Gasteiger partial charge < -0.3 is 4.74 Å². The second kappa shape index (κ2) is 7.44. The van der Waals surface area contributed by atoms with Gasteiger partial charge in [0.05, 0.1) is 0 Å². The van der Waals surface area contributed by atoms with Crippen LogP contribution in [0.1, 0.15) is 55.1 Å². The van der Waals surface area contributed by atoms with Crippen molar-refractivity contribution in [3.8, 4) is 0 Å². The highest BCUT2D eigenvalue weighted by molar-refractivity contribution is 5.99. The van der Waals surface area contributed by atoms with E-state index in [0.717, 1.165) is 24.0 Å². The largest absolute Gasteiger partial charge is 0.370 e. The van der Waals surface area contributed by atoms with Crippen molar-refractivity contribution in [2.24, 2.45) is 5.92 Å². The predicted octanol–water partition coefficient (Wildman–Crippen LogP) is 4.33. The van der Waals surface area contributed by atoms with E-state index in [9.17, 15) is 4.79 Å². The summed E-state index contributed by atoms with van der Waals surface area (Å²) in [4.78, 5) is 12.2. The molecule has 1 aromatic carbocycles. The second-order valence-electron chi connectivity index (χ2n) is 5.71. The van der Waals surface area contributed by atoms with Crippen LogP contribution in [-0.4, -0.2) is 18.5 Å². The van der Waals surface area contributed by atoms with E-state index in [1.165, 1.54) is 5.56 Å². The van der Waals surface area contributed by atoms with Crippen LogP contribution in [0.5, 0.6) is 0 Å². The van der Waals surface area contributed by atoms with Crippen LogP contribution in [0.25, 0.3) is 0 Å². The molecule has 106 valence electrons. The van der Waals surface area contributed by atoms with Gasteiger partial charge in [0.15, 0.2) is 5.78 Å². The Balaban J connectivity index is 2.49. The topological polar surface area (TPSA) is 26.3 Å². The minimum absolute atomic E-state index is 0.0765. The Morgan fingerprint density at radius 2 is 1.84 bits per heavy atom. The molecule has 0 aromatic heterocycles. The molecule has 0 N–H and O–H groups in total. The van der Waals surface area contributed by atoms with Crippen molar-refractivity contribution < 1.29 is 9.53 Å². The number of ether oxygens (including phenoxy) is 1. The maximum absolute atomic E-state index is 12.2. The number of Topliss-reactive ketones (excluding diaryl/α,β-unsaturated/α-hetero) is 1. The minimum Gasteiger partial charge on any atom is -0.370 e. The highest BCUT2D eigenvalue weighted by atomic mass is 16.5. The van der Waals surface area contributed by atoms with Gasteiger partial charge in [0.2, 0.25) is 0 Å². The lowest BCUT2D eigenvalue weighted by Crippen LogP contribution is -2.21. The molecule has 0 aliphatic carbocycles. The summed E-state index contributed by atoms with van der Waals surface area (Å²) in [6.45, 7) is 11.0. The van der Waals surface area contributed by atoms with Gasteiger partial charge in [-0.1, -0.05) is 26.0 Å². The van der Waals surface area contributed by atoms with Gasteiger partial charge in [0, 0.05) is 12.2 Å². The van der Waals surface area contributed by atoms with Crippen LogP contribution in [0.3, 0.4) is 0 Å². The fourth-order valence-corrected chi connectivity index (χ4v) is 1.96. The first-order valence-electron chi connectivity index (χ1n) is 7.15.